The van der Waals surface area contributed by atoms with Gasteiger partial charge >= 0.3 is 0 Å². The molecular formula is C16H20N2. The average molecular weight is 240 g/mol. The standard InChI is InChI=1S/C16H20N2/c1-12-11-15(18-16(2)9-5-6-10-16)13-7-3-4-8-14(13)17-12/h3-4,7-8,11H,5-6,9-10H2,1-2H3,(H,17,18). The van der Waals surface area contributed by atoms with Crippen molar-refractivity contribution in [3.8, 4) is 0 Å². The average Bonchev–Trinajstić information content (AvgIpc) is 2.75. The number of rotatable bonds is 2. The Hall–Kier alpha value is -1.57. The van der Waals surface area contributed by atoms with Crippen LogP contribution in [0, 0.1) is 6.92 Å². The molecule has 0 radical (unpaired) electrons. The molecule has 0 unspecified atom stereocenters. The van der Waals surface area contributed by atoms with E-state index in [1.54, 1.807) is 0 Å². The molecule has 1 saturated carbocycles. The van der Waals surface area contributed by atoms with Gasteiger partial charge in [-0.25, -0.2) is 0 Å². The number of anilines is 1. The Bertz CT molecular complexity index is 568. The van der Waals surface area contributed by atoms with Crippen molar-refractivity contribution >= 4 is 16.6 Å². The lowest BCUT2D eigenvalue weighted by Gasteiger charge is -2.27. The van der Waals surface area contributed by atoms with Crippen molar-refractivity contribution < 1.29 is 0 Å². The molecule has 1 aliphatic carbocycles. The van der Waals surface area contributed by atoms with Gasteiger partial charge in [0.2, 0.25) is 0 Å². The smallest absolute Gasteiger partial charge is 0.0725 e. The van der Waals surface area contributed by atoms with E-state index in [1.807, 2.05) is 0 Å². The summed E-state index contributed by atoms with van der Waals surface area (Å²) in [5.74, 6) is 0. The third kappa shape index (κ3) is 2.07. The largest absolute Gasteiger partial charge is 0.379 e. The Balaban J connectivity index is 2.05. The molecule has 1 aromatic heterocycles. The first-order valence-corrected chi connectivity index (χ1v) is 6.81. The van der Waals surface area contributed by atoms with Crippen molar-refractivity contribution in [2.45, 2.75) is 45.1 Å². The summed E-state index contributed by atoms with van der Waals surface area (Å²) in [7, 11) is 0. The Morgan fingerprint density at radius 1 is 1.17 bits per heavy atom. The Morgan fingerprint density at radius 3 is 2.67 bits per heavy atom. The summed E-state index contributed by atoms with van der Waals surface area (Å²) < 4.78 is 0. The second-order valence-electron chi connectivity index (χ2n) is 5.72. The van der Waals surface area contributed by atoms with Crippen LogP contribution in [-0.4, -0.2) is 10.5 Å². The summed E-state index contributed by atoms with van der Waals surface area (Å²) >= 11 is 0. The van der Waals surface area contributed by atoms with Crippen LogP contribution >= 0.6 is 0 Å². The summed E-state index contributed by atoms with van der Waals surface area (Å²) in [4.78, 5) is 4.59. The van der Waals surface area contributed by atoms with Crippen LogP contribution < -0.4 is 5.32 Å². The van der Waals surface area contributed by atoms with Crippen LogP contribution in [0.15, 0.2) is 30.3 Å². The maximum absolute atomic E-state index is 4.59. The molecule has 0 spiro atoms. The van der Waals surface area contributed by atoms with Crippen LogP contribution in [0.1, 0.15) is 38.3 Å². The summed E-state index contributed by atoms with van der Waals surface area (Å²) in [5.41, 5.74) is 3.67. The van der Waals surface area contributed by atoms with Gasteiger partial charge in [-0.15, -0.1) is 0 Å². The van der Waals surface area contributed by atoms with E-state index in [9.17, 15) is 0 Å². The van der Waals surface area contributed by atoms with Gasteiger partial charge in [-0.1, -0.05) is 31.0 Å². The molecule has 1 fully saturated rings. The molecule has 1 heterocycles. The molecule has 1 aromatic carbocycles. The van der Waals surface area contributed by atoms with E-state index in [0.29, 0.717) is 0 Å². The number of nitrogens with zero attached hydrogens (tertiary/aromatic N) is 1. The van der Waals surface area contributed by atoms with Gasteiger partial charge in [0.05, 0.1) is 5.52 Å². The van der Waals surface area contributed by atoms with Gasteiger partial charge < -0.3 is 5.32 Å². The van der Waals surface area contributed by atoms with Crippen LogP contribution in [0.4, 0.5) is 5.69 Å². The zero-order chi connectivity index (χ0) is 12.6. The number of aromatic nitrogens is 1. The minimum atomic E-state index is 0.260. The molecular weight excluding hydrogens is 220 g/mol. The lowest BCUT2D eigenvalue weighted by atomic mass is 9.99. The lowest BCUT2D eigenvalue weighted by Crippen LogP contribution is -2.30. The van der Waals surface area contributed by atoms with E-state index in [0.717, 1.165) is 11.2 Å². The van der Waals surface area contributed by atoms with Crippen molar-refractivity contribution in [1.82, 2.24) is 4.98 Å². The minimum Gasteiger partial charge on any atom is -0.379 e. The maximum Gasteiger partial charge on any atom is 0.0725 e. The third-order valence-corrected chi connectivity index (χ3v) is 3.99. The van der Waals surface area contributed by atoms with Crippen molar-refractivity contribution in [1.29, 1.82) is 0 Å². The molecule has 2 heteroatoms. The van der Waals surface area contributed by atoms with E-state index in [-0.39, 0.29) is 5.54 Å². The highest BCUT2D eigenvalue weighted by Gasteiger charge is 2.28. The second kappa shape index (κ2) is 4.27. The molecule has 94 valence electrons. The zero-order valence-corrected chi connectivity index (χ0v) is 11.2. The molecule has 18 heavy (non-hydrogen) atoms. The molecule has 1 aliphatic rings. The number of hydrogen-bond donors (Lipinski definition) is 1. The highest BCUT2D eigenvalue weighted by atomic mass is 15.0. The topological polar surface area (TPSA) is 24.9 Å². The minimum absolute atomic E-state index is 0.260. The fourth-order valence-electron chi connectivity index (χ4n) is 3.02. The summed E-state index contributed by atoms with van der Waals surface area (Å²) in [6.07, 6.45) is 5.21. The molecule has 2 nitrogen and oxygen atoms in total. The van der Waals surface area contributed by atoms with Crippen LogP contribution in [0.25, 0.3) is 10.9 Å². The first kappa shape index (κ1) is 11.5. The monoisotopic (exact) mass is 240 g/mol. The van der Waals surface area contributed by atoms with Gasteiger partial charge in [-0.3, -0.25) is 4.98 Å². The molecule has 3 rings (SSSR count). The van der Waals surface area contributed by atoms with Crippen LogP contribution in [0.2, 0.25) is 0 Å². The molecule has 0 aliphatic heterocycles. The molecule has 2 aromatic rings. The quantitative estimate of drug-likeness (QED) is 0.847. The molecule has 0 atom stereocenters. The number of aryl methyl sites for hydroxylation is 1. The predicted molar refractivity (Wildman–Crippen MR) is 77.0 cm³/mol. The van der Waals surface area contributed by atoms with Crippen molar-refractivity contribution in [2.24, 2.45) is 0 Å². The number of pyridine rings is 1. The fourth-order valence-corrected chi connectivity index (χ4v) is 3.02. The van der Waals surface area contributed by atoms with Crippen LogP contribution in [0.5, 0.6) is 0 Å². The number of hydrogen-bond acceptors (Lipinski definition) is 2. The number of benzene rings is 1. The second-order valence-corrected chi connectivity index (χ2v) is 5.72. The van der Waals surface area contributed by atoms with Gasteiger partial charge in [0, 0.05) is 22.3 Å². The first-order chi connectivity index (χ1) is 8.66. The van der Waals surface area contributed by atoms with E-state index in [2.05, 4.69) is 54.5 Å². The highest BCUT2D eigenvalue weighted by Crippen LogP contribution is 2.34. The van der Waals surface area contributed by atoms with Gasteiger partial charge in [-0.05, 0) is 38.8 Å². The zero-order valence-electron chi connectivity index (χ0n) is 11.2. The lowest BCUT2D eigenvalue weighted by molar-refractivity contribution is 0.534. The molecule has 0 amide bonds. The van der Waals surface area contributed by atoms with Gasteiger partial charge in [0.25, 0.3) is 0 Å². The number of nitrogens with one attached hydrogen (secondary N) is 1. The molecule has 0 bridgehead atoms. The van der Waals surface area contributed by atoms with Gasteiger partial charge in [0.15, 0.2) is 0 Å². The SMILES string of the molecule is Cc1cc(NC2(C)CCCC2)c2ccccc2n1. The number of para-hydroxylation sites is 1. The predicted octanol–water partition coefficient (Wildman–Crippen LogP) is 4.29. The Kier molecular flexibility index (Phi) is 2.73. The highest BCUT2D eigenvalue weighted by molar-refractivity contribution is 5.91. The van der Waals surface area contributed by atoms with E-state index < -0.39 is 0 Å². The van der Waals surface area contributed by atoms with E-state index in [4.69, 9.17) is 0 Å². The fraction of sp³-hybridized carbons (Fsp3) is 0.438. The summed E-state index contributed by atoms with van der Waals surface area (Å²) in [6, 6.07) is 10.6. The van der Waals surface area contributed by atoms with Gasteiger partial charge in [-0.2, -0.15) is 0 Å². The van der Waals surface area contributed by atoms with Crippen molar-refractivity contribution in [2.75, 3.05) is 5.32 Å². The third-order valence-electron chi connectivity index (χ3n) is 3.99. The molecule has 0 saturated heterocycles. The summed E-state index contributed by atoms with van der Waals surface area (Å²) in [5, 5.41) is 4.99. The Morgan fingerprint density at radius 2 is 1.89 bits per heavy atom. The van der Waals surface area contributed by atoms with Crippen molar-refractivity contribution in [3.05, 3.63) is 36.0 Å². The van der Waals surface area contributed by atoms with E-state index >= 15 is 0 Å². The van der Waals surface area contributed by atoms with E-state index in [1.165, 1.54) is 36.8 Å². The van der Waals surface area contributed by atoms with Gasteiger partial charge in [0.1, 0.15) is 0 Å². The number of fused-ring (bicyclic) bond motifs is 1. The molecule has 1 N–H and O–H groups in total. The Labute approximate surface area is 108 Å². The van der Waals surface area contributed by atoms with Crippen molar-refractivity contribution in [3.63, 3.8) is 0 Å². The normalized spacial score (nSPS) is 18.1. The maximum atomic E-state index is 4.59. The first-order valence-electron chi connectivity index (χ1n) is 6.81. The van der Waals surface area contributed by atoms with Crippen LogP contribution in [-0.2, 0) is 0 Å². The van der Waals surface area contributed by atoms with Crippen LogP contribution in [0.3, 0.4) is 0 Å². The summed E-state index contributed by atoms with van der Waals surface area (Å²) in [6.45, 7) is 4.40.